The molecule has 2 unspecified atom stereocenters. The number of nitrogens with one attached hydrogen (secondary N) is 1. The molecule has 0 saturated heterocycles. The number of nitriles is 1. The lowest BCUT2D eigenvalue weighted by Crippen LogP contribution is -2.30. The number of benzene rings is 2. The van der Waals surface area contributed by atoms with Crippen LogP contribution < -0.4 is 4.74 Å². The first-order valence-corrected chi connectivity index (χ1v) is 9.54. The van der Waals surface area contributed by atoms with Gasteiger partial charge in [0.15, 0.2) is 0 Å². The number of furan rings is 1. The second-order valence-corrected chi connectivity index (χ2v) is 7.34. The molecule has 2 N–H and O–H groups in total. The van der Waals surface area contributed by atoms with Crippen LogP contribution in [-0.2, 0) is 6.18 Å². The van der Waals surface area contributed by atoms with Gasteiger partial charge in [-0.05, 0) is 36.4 Å². The van der Waals surface area contributed by atoms with Gasteiger partial charge in [-0.3, -0.25) is 10.4 Å². The quantitative estimate of drug-likeness (QED) is 0.465. The van der Waals surface area contributed by atoms with Gasteiger partial charge < -0.3 is 14.3 Å². The van der Waals surface area contributed by atoms with Crippen molar-refractivity contribution in [3.63, 3.8) is 0 Å². The van der Waals surface area contributed by atoms with Gasteiger partial charge in [0, 0.05) is 23.4 Å². The van der Waals surface area contributed by atoms with Gasteiger partial charge in [-0.1, -0.05) is 11.6 Å². The maximum Gasteiger partial charge on any atom is 0.416 e. The van der Waals surface area contributed by atoms with E-state index >= 15 is 0 Å². The molecule has 2 aromatic carbocycles. The zero-order valence-corrected chi connectivity index (χ0v) is 16.8. The summed E-state index contributed by atoms with van der Waals surface area (Å²) in [6, 6.07) is 10.8. The molecule has 2 atom stereocenters. The highest BCUT2D eigenvalue weighted by Crippen LogP contribution is 2.44. The van der Waals surface area contributed by atoms with Crippen LogP contribution in [0.3, 0.4) is 0 Å². The Morgan fingerprint density at radius 2 is 2.00 bits per heavy atom. The van der Waals surface area contributed by atoms with Crippen LogP contribution in [0.25, 0.3) is 0 Å². The number of phenolic OH excluding ortho intramolecular Hbond substituents is 1. The first kappa shape index (κ1) is 21.5. The molecule has 4 rings (SSSR count). The number of hydrogen-bond acceptors (Lipinski definition) is 6. The van der Waals surface area contributed by atoms with Crippen molar-refractivity contribution in [2.75, 3.05) is 0 Å². The maximum absolute atomic E-state index is 13.0. The Hall–Kier alpha value is -3.77. The van der Waals surface area contributed by atoms with Crippen molar-refractivity contribution < 1.29 is 27.4 Å². The molecule has 0 fully saturated rings. The van der Waals surface area contributed by atoms with Crippen LogP contribution >= 0.6 is 11.6 Å². The summed E-state index contributed by atoms with van der Waals surface area (Å²) in [7, 11) is 0. The minimum atomic E-state index is -4.56. The summed E-state index contributed by atoms with van der Waals surface area (Å²) >= 11 is 5.98. The topological polar surface area (TPSA) is 103 Å². The number of halogens is 4. The predicted octanol–water partition coefficient (Wildman–Crippen LogP) is 6.05. The van der Waals surface area contributed by atoms with Crippen LogP contribution in [0.15, 0.2) is 58.1 Å². The van der Waals surface area contributed by atoms with Crippen molar-refractivity contribution in [1.29, 1.82) is 10.7 Å². The molecule has 0 radical (unpaired) electrons. The van der Waals surface area contributed by atoms with Gasteiger partial charge >= 0.3 is 6.18 Å². The molecule has 1 aromatic heterocycles. The molecule has 10 heteroatoms. The Bertz CT molecular complexity index is 1260. The van der Waals surface area contributed by atoms with E-state index in [1.54, 1.807) is 12.1 Å². The number of fused-ring (bicyclic) bond motifs is 1. The average Bonchev–Trinajstić information content (AvgIpc) is 3.26. The fourth-order valence-electron chi connectivity index (χ4n) is 3.40. The first-order valence-electron chi connectivity index (χ1n) is 9.16. The van der Waals surface area contributed by atoms with E-state index in [0.717, 1.165) is 24.4 Å². The van der Waals surface area contributed by atoms with Crippen LogP contribution in [0.1, 0.15) is 28.4 Å². The molecule has 1 aliphatic rings. The first-order chi connectivity index (χ1) is 15.2. The lowest BCUT2D eigenvalue weighted by Gasteiger charge is -2.29. The van der Waals surface area contributed by atoms with Crippen LogP contribution in [-0.4, -0.2) is 17.2 Å². The monoisotopic (exact) mass is 459 g/mol. The predicted molar refractivity (Wildman–Crippen MR) is 110 cm³/mol. The largest absolute Gasteiger partial charge is 0.507 e. The highest BCUT2D eigenvalue weighted by Gasteiger charge is 2.39. The Balaban J connectivity index is 1.78. The minimum Gasteiger partial charge on any atom is -0.507 e. The molecule has 3 aromatic rings. The molecule has 6 nitrogen and oxygen atoms in total. The Morgan fingerprint density at radius 1 is 1.22 bits per heavy atom. The molecule has 0 aliphatic carbocycles. The van der Waals surface area contributed by atoms with Crippen LogP contribution in [0.4, 0.5) is 18.9 Å². The standard InChI is InChI=1S/C22H13ClF3N3O3/c23-15-4-3-12(22(24,25)26)7-16(15)29-10-11-6-13-19(8-17(11)30)32-21(28)14(9-27)20(13)18-2-1-5-31-18/h1-8,10,14,20,28,30H. The number of ether oxygens (including phenoxy) is 1. The summed E-state index contributed by atoms with van der Waals surface area (Å²) < 4.78 is 49.8. The van der Waals surface area contributed by atoms with E-state index in [1.165, 1.54) is 18.4 Å². The molecule has 0 bridgehead atoms. The summed E-state index contributed by atoms with van der Waals surface area (Å²) in [4.78, 5) is 4.01. The van der Waals surface area contributed by atoms with Crippen LogP contribution in [0, 0.1) is 22.7 Å². The third-order valence-corrected chi connectivity index (χ3v) is 5.25. The number of aliphatic imine (C=N–C) groups is 1. The van der Waals surface area contributed by atoms with Crippen molar-refractivity contribution in [2.24, 2.45) is 10.9 Å². The summed E-state index contributed by atoms with van der Waals surface area (Å²) in [6.07, 6.45) is -1.97. The van der Waals surface area contributed by atoms with E-state index < -0.39 is 23.6 Å². The minimum absolute atomic E-state index is 0.00138. The number of rotatable bonds is 3. The van der Waals surface area contributed by atoms with Crippen molar-refractivity contribution in [1.82, 2.24) is 0 Å². The Kier molecular flexibility index (Phi) is 5.40. The SMILES string of the molecule is N#CC1C(=N)Oc2cc(O)c(C=Nc3cc(C(F)(F)F)ccc3Cl)cc2C1c1ccco1. The molecule has 1 aliphatic heterocycles. The van der Waals surface area contributed by atoms with Crippen LogP contribution in [0.5, 0.6) is 11.5 Å². The van der Waals surface area contributed by atoms with E-state index in [4.69, 9.17) is 26.2 Å². The number of phenols is 1. The normalized spacial score (nSPS) is 18.3. The van der Waals surface area contributed by atoms with Gasteiger partial charge in [0.2, 0.25) is 5.90 Å². The highest BCUT2D eigenvalue weighted by atomic mass is 35.5. The zero-order valence-electron chi connectivity index (χ0n) is 16.0. The summed E-state index contributed by atoms with van der Waals surface area (Å²) in [5.74, 6) is -1.65. The molecular weight excluding hydrogens is 447 g/mol. The maximum atomic E-state index is 13.0. The Labute approximate surface area is 184 Å². The molecule has 162 valence electrons. The van der Waals surface area contributed by atoms with Crippen LogP contribution in [0.2, 0.25) is 5.02 Å². The van der Waals surface area contributed by atoms with E-state index in [0.29, 0.717) is 11.3 Å². The number of nitrogens with zero attached hydrogens (tertiary/aromatic N) is 2. The third kappa shape index (κ3) is 3.92. The summed E-state index contributed by atoms with van der Waals surface area (Å²) in [5.41, 5.74) is -0.432. The van der Waals surface area contributed by atoms with Gasteiger partial charge in [0.1, 0.15) is 23.2 Å². The third-order valence-electron chi connectivity index (χ3n) is 4.93. The lowest BCUT2D eigenvalue weighted by atomic mass is 9.81. The van der Waals surface area contributed by atoms with Gasteiger partial charge in [0.05, 0.1) is 34.5 Å². The van der Waals surface area contributed by atoms with E-state index in [2.05, 4.69) is 4.99 Å². The molecule has 2 heterocycles. The number of alkyl halides is 3. The van der Waals surface area contributed by atoms with E-state index in [-0.39, 0.29) is 33.7 Å². The summed E-state index contributed by atoms with van der Waals surface area (Å²) in [6.45, 7) is 0. The summed E-state index contributed by atoms with van der Waals surface area (Å²) in [5, 5.41) is 28.0. The van der Waals surface area contributed by atoms with Gasteiger partial charge in [0.25, 0.3) is 0 Å². The van der Waals surface area contributed by atoms with E-state index in [1.807, 2.05) is 6.07 Å². The van der Waals surface area contributed by atoms with Crippen molar-refractivity contribution in [3.05, 3.63) is 76.2 Å². The fourth-order valence-corrected chi connectivity index (χ4v) is 3.56. The second kappa shape index (κ2) is 8.05. The van der Waals surface area contributed by atoms with Crippen molar-refractivity contribution in [2.45, 2.75) is 12.1 Å². The van der Waals surface area contributed by atoms with Gasteiger partial charge in [-0.15, -0.1) is 0 Å². The molecular formula is C22H13ClF3N3O3. The fraction of sp³-hybridized carbons (Fsp3) is 0.136. The Morgan fingerprint density at radius 3 is 2.66 bits per heavy atom. The molecule has 0 spiro atoms. The van der Waals surface area contributed by atoms with Gasteiger partial charge in [-0.2, -0.15) is 18.4 Å². The smallest absolute Gasteiger partial charge is 0.416 e. The molecule has 0 saturated carbocycles. The van der Waals surface area contributed by atoms with E-state index in [9.17, 15) is 23.5 Å². The molecule has 32 heavy (non-hydrogen) atoms. The van der Waals surface area contributed by atoms with Gasteiger partial charge in [-0.25, -0.2) is 0 Å². The highest BCUT2D eigenvalue weighted by molar-refractivity contribution is 6.33. The second-order valence-electron chi connectivity index (χ2n) is 6.94. The molecule has 0 amide bonds. The lowest BCUT2D eigenvalue weighted by molar-refractivity contribution is -0.137. The number of aromatic hydroxyl groups is 1. The average molecular weight is 460 g/mol. The van der Waals surface area contributed by atoms with Crippen molar-refractivity contribution >= 4 is 29.4 Å². The number of hydrogen-bond donors (Lipinski definition) is 2. The zero-order chi connectivity index (χ0) is 23.0. The van der Waals surface area contributed by atoms with Crippen molar-refractivity contribution in [3.8, 4) is 17.6 Å².